The summed E-state index contributed by atoms with van der Waals surface area (Å²) in [5.74, 6) is 0.320. The molecule has 0 N–H and O–H groups in total. The first kappa shape index (κ1) is 10.4. The van der Waals surface area contributed by atoms with E-state index in [2.05, 4.69) is 6.07 Å². The minimum atomic E-state index is 0.0954. The maximum absolute atomic E-state index is 11.7. The van der Waals surface area contributed by atoms with Gasteiger partial charge in [-0.3, -0.25) is 4.79 Å². The standard InChI is InChI=1S/C13H16O2/c1-2-7-15-9-13(14)12-8-10-5-3-4-6-11(10)12/h3-6,12H,2,7-9H2,1H3. The fourth-order valence-corrected chi connectivity index (χ4v) is 1.96. The second-order valence-electron chi connectivity index (χ2n) is 3.97. The maximum atomic E-state index is 11.7. The van der Waals surface area contributed by atoms with E-state index in [1.54, 1.807) is 0 Å². The van der Waals surface area contributed by atoms with Crippen LogP contribution in [0.25, 0.3) is 0 Å². The molecule has 80 valence electrons. The highest BCUT2D eigenvalue weighted by molar-refractivity contribution is 5.89. The van der Waals surface area contributed by atoms with Crippen molar-refractivity contribution in [1.82, 2.24) is 0 Å². The van der Waals surface area contributed by atoms with Crippen LogP contribution in [0.5, 0.6) is 0 Å². The molecule has 2 heteroatoms. The van der Waals surface area contributed by atoms with E-state index in [0.717, 1.165) is 12.8 Å². The van der Waals surface area contributed by atoms with Crippen LogP contribution >= 0.6 is 0 Å². The Labute approximate surface area is 90.3 Å². The molecule has 0 saturated heterocycles. The Morgan fingerprint density at radius 3 is 3.00 bits per heavy atom. The van der Waals surface area contributed by atoms with Crippen molar-refractivity contribution in [1.29, 1.82) is 0 Å². The fraction of sp³-hybridized carbons (Fsp3) is 0.462. The number of benzene rings is 1. The predicted octanol–water partition coefficient (Wildman–Crippen LogP) is 2.32. The van der Waals surface area contributed by atoms with Crippen molar-refractivity contribution >= 4 is 5.78 Å². The molecule has 1 aliphatic rings. The molecule has 2 nitrogen and oxygen atoms in total. The molecule has 0 heterocycles. The van der Waals surface area contributed by atoms with Crippen molar-refractivity contribution in [3.63, 3.8) is 0 Å². The molecule has 15 heavy (non-hydrogen) atoms. The Bertz CT molecular complexity index is 357. The summed E-state index contributed by atoms with van der Waals surface area (Å²) in [4.78, 5) is 11.7. The third-order valence-electron chi connectivity index (χ3n) is 2.84. The highest BCUT2D eigenvalue weighted by atomic mass is 16.5. The van der Waals surface area contributed by atoms with Crippen molar-refractivity contribution < 1.29 is 9.53 Å². The number of carbonyl (C=O) groups is 1. The smallest absolute Gasteiger partial charge is 0.166 e. The van der Waals surface area contributed by atoms with Gasteiger partial charge in [-0.15, -0.1) is 0 Å². The van der Waals surface area contributed by atoms with Gasteiger partial charge in [-0.05, 0) is 24.0 Å². The lowest BCUT2D eigenvalue weighted by Gasteiger charge is -2.28. The first-order chi connectivity index (χ1) is 7.33. The topological polar surface area (TPSA) is 26.3 Å². The number of rotatable bonds is 5. The minimum absolute atomic E-state index is 0.0954. The molecule has 1 aromatic rings. The average molecular weight is 204 g/mol. The Balaban J connectivity index is 1.90. The summed E-state index contributed by atoms with van der Waals surface area (Å²) < 4.78 is 5.27. The summed E-state index contributed by atoms with van der Waals surface area (Å²) in [6.45, 7) is 3.00. The van der Waals surface area contributed by atoms with Crippen molar-refractivity contribution in [2.75, 3.05) is 13.2 Å². The zero-order valence-corrected chi connectivity index (χ0v) is 9.03. The lowest BCUT2D eigenvalue weighted by molar-refractivity contribution is -0.125. The first-order valence-corrected chi connectivity index (χ1v) is 5.51. The van der Waals surface area contributed by atoms with Gasteiger partial charge in [0.05, 0.1) is 0 Å². The van der Waals surface area contributed by atoms with E-state index in [9.17, 15) is 4.79 Å². The van der Waals surface area contributed by atoms with Crippen molar-refractivity contribution in [3.05, 3.63) is 35.4 Å². The molecule has 0 amide bonds. The molecule has 1 unspecified atom stereocenters. The number of Topliss-reactive ketones (excluding diaryl/α,β-unsaturated/α-hetero) is 1. The summed E-state index contributed by atoms with van der Waals surface area (Å²) in [6, 6.07) is 8.14. The van der Waals surface area contributed by atoms with Crippen LogP contribution in [0.1, 0.15) is 30.4 Å². The highest BCUT2D eigenvalue weighted by Crippen LogP contribution is 2.35. The molecule has 1 atom stereocenters. The Hall–Kier alpha value is -1.15. The largest absolute Gasteiger partial charge is 0.374 e. The Morgan fingerprint density at radius 2 is 2.27 bits per heavy atom. The van der Waals surface area contributed by atoms with Gasteiger partial charge < -0.3 is 4.74 Å². The van der Waals surface area contributed by atoms with E-state index in [1.807, 2.05) is 25.1 Å². The van der Waals surface area contributed by atoms with Crippen molar-refractivity contribution in [2.45, 2.75) is 25.7 Å². The molecule has 1 aromatic carbocycles. The van der Waals surface area contributed by atoms with Crippen LogP contribution in [-0.2, 0) is 16.0 Å². The number of fused-ring (bicyclic) bond motifs is 1. The van der Waals surface area contributed by atoms with Gasteiger partial charge in [-0.25, -0.2) is 0 Å². The normalized spacial score (nSPS) is 18.1. The predicted molar refractivity (Wildman–Crippen MR) is 59.0 cm³/mol. The van der Waals surface area contributed by atoms with Crippen molar-refractivity contribution in [3.8, 4) is 0 Å². The monoisotopic (exact) mass is 204 g/mol. The molecule has 0 aromatic heterocycles. The SMILES string of the molecule is CCCOCC(=O)C1Cc2ccccc21. The van der Waals surface area contributed by atoms with Crippen LogP contribution in [-0.4, -0.2) is 19.0 Å². The average Bonchev–Trinajstić information content (AvgIpc) is 2.20. The lowest BCUT2D eigenvalue weighted by Crippen LogP contribution is -2.28. The summed E-state index contributed by atoms with van der Waals surface area (Å²) in [6.07, 6.45) is 1.86. The maximum Gasteiger partial charge on any atom is 0.166 e. The van der Waals surface area contributed by atoms with Gasteiger partial charge in [0, 0.05) is 12.5 Å². The van der Waals surface area contributed by atoms with Crippen molar-refractivity contribution in [2.24, 2.45) is 0 Å². The summed E-state index contributed by atoms with van der Waals surface area (Å²) in [5, 5.41) is 0. The van der Waals surface area contributed by atoms with E-state index in [0.29, 0.717) is 6.61 Å². The molecule has 0 aliphatic heterocycles. The molecule has 0 fully saturated rings. The van der Waals surface area contributed by atoms with Crippen LogP contribution in [0, 0.1) is 0 Å². The molecule has 0 radical (unpaired) electrons. The first-order valence-electron chi connectivity index (χ1n) is 5.51. The third kappa shape index (κ3) is 2.10. The van der Waals surface area contributed by atoms with Crippen LogP contribution in [0.15, 0.2) is 24.3 Å². The molecular weight excluding hydrogens is 188 g/mol. The number of carbonyl (C=O) groups excluding carboxylic acids is 1. The van der Waals surface area contributed by atoms with Gasteiger partial charge >= 0.3 is 0 Å². The number of hydrogen-bond donors (Lipinski definition) is 0. The zero-order chi connectivity index (χ0) is 10.7. The zero-order valence-electron chi connectivity index (χ0n) is 9.03. The Kier molecular flexibility index (Phi) is 3.17. The van der Waals surface area contributed by atoms with E-state index in [1.165, 1.54) is 11.1 Å². The molecule has 0 spiro atoms. The van der Waals surface area contributed by atoms with Gasteiger partial charge in [0.25, 0.3) is 0 Å². The Morgan fingerprint density at radius 1 is 1.47 bits per heavy atom. The van der Waals surface area contributed by atoms with Gasteiger partial charge in [0.2, 0.25) is 0 Å². The van der Waals surface area contributed by atoms with Gasteiger partial charge in [-0.2, -0.15) is 0 Å². The molecular formula is C13H16O2. The second-order valence-corrected chi connectivity index (χ2v) is 3.97. The van der Waals surface area contributed by atoms with E-state index in [-0.39, 0.29) is 18.3 Å². The van der Waals surface area contributed by atoms with Crippen LogP contribution < -0.4 is 0 Å². The molecule has 0 saturated carbocycles. The fourth-order valence-electron chi connectivity index (χ4n) is 1.96. The number of hydrogen-bond acceptors (Lipinski definition) is 2. The van der Waals surface area contributed by atoms with Crippen LogP contribution in [0.3, 0.4) is 0 Å². The van der Waals surface area contributed by atoms with E-state index < -0.39 is 0 Å². The van der Waals surface area contributed by atoms with E-state index in [4.69, 9.17) is 4.74 Å². The summed E-state index contributed by atoms with van der Waals surface area (Å²) in [7, 11) is 0. The second kappa shape index (κ2) is 4.58. The van der Waals surface area contributed by atoms with Crippen LogP contribution in [0.4, 0.5) is 0 Å². The highest BCUT2D eigenvalue weighted by Gasteiger charge is 2.31. The molecule has 0 bridgehead atoms. The lowest BCUT2D eigenvalue weighted by atomic mass is 9.75. The minimum Gasteiger partial charge on any atom is -0.374 e. The van der Waals surface area contributed by atoms with E-state index >= 15 is 0 Å². The van der Waals surface area contributed by atoms with Crippen LogP contribution in [0.2, 0.25) is 0 Å². The quantitative estimate of drug-likeness (QED) is 0.688. The number of ether oxygens (including phenoxy) is 1. The van der Waals surface area contributed by atoms with Gasteiger partial charge in [0.15, 0.2) is 5.78 Å². The van der Waals surface area contributed by atoms with Gasteiger partial charge in [0.1, 0.15) is 6.61 Å². The molecule has 2 rings (SSSR count). The molecule has 1 aliphatic carbocycles. The number of ketones is 1. The summed E-state index contributed by atoms with van der Waals surface area (Å²) in [5.41, 5.74) is 2.51. The third-order valence-corrected chi connectivity index (χ3v) is 2.84. The van der Waals surface area contributed by atoms with Gasteiger partial charge in [-0.1, -0.05) is 31.2 Å². The summed E-state index contributed by atoms with van der Waals surface area (Å²) >= 11 is 0.